The third kappa shape index (κ3) is 12.0. The van der Waals surface area contributed by atoms with Gasteiger partial charge in [0.05, 0.1) is 52.9 Å². The minimum atomic E-state index is -2.18. The molecule has 0 aliphatic heterocycles. The first-order chi connectivity index (χ1) is 29.4. The van der Waals surface area contributed by atoms with E-state index in [9.17, 15) is 38.4 Å². The Morgan fingerprint density at radius 2 is 0.726 bits per heavy atom. The molecule has 3 fully saturated rings. The number of carbonyl (C=O) groups is 8. The van der Waals surface area contributed by atoms with Gasteiger partial charge in [-0.15, -0.1) is 0 Å². The molecular formula is C46H64O16. The number of hydrogen-bond donors (Lipinski definition) is 0. The predicted octanol–water partition coefficient (Wildman–Crippen LogP) is 5.51. The van der Waals surface area contributed by atoms with Crippen molar-refractivity contribution < 1.29 is 76.3 Å². The molecule has 2 bridgehead atoms. The molecule has 0 N–H and O–H groups in total. The van der Waals surface area contributed by atoms with Gasteiger partial charge >= 0.3 is 47.8 Å². The molecular weight excluding hydrogens is 808 g/mol. The van der Waals surface area contributed by atoms with Gasteiger partial charge < -0.3 is 37.9 Å². The van der Waals surface area contributed by atoms with Crippen molar-refractivity contribution in [3.63, 3.8) is 0 Å². The summed E-state index contributed by atoms with van der Waals surface area (Å²) in [7, 11) is 0. The van der Waals surface area contributed by atoms with Crippen LogP contribution in [0.3, 0.4) is 0 Å². The van der Waals surface area contributed by atoms with Crippen LogP contribution in [-0.2, 0) is 76.3 Å². The summed E-state index contributed by atoms with van der Waals surface area (Å²) in [5.41, 5.74) is -5.14. The molecule has 3 saturated carbocycles. The lowest BCUT2D eigenvalue weighted by atomic mass is 9.75. The van der Waals surface area contributed by atoms with Crippen LogP contribution in [0.15, 0.2) is 48.6 Å². The average Bonchev–Trinajstić information content (AvgIpc) is 3.94. The summed E-state index contributed by atoms with van der Waals surface area (Å²) < 4.78 is 42.7. The van der Waals surface area contributed by atoms with Crippen LogP contribution in [0.5, 0.6) is 0 Å². The minimum Gasteiger partial charge on any atom is -0.465 e. The van der Waals surface area contributed by atoms with E-state index >= 15 is 0 Å². The highest BCUT2D eigenvalue weighted by molar-refractivity contribution is 6.05. The molecule has 344 valence electrons. The molecule has 0 saturated heterocycles. The van der Waals surface area contributed by atoms with Crippen LogP contribution in [0.2, 0.25) is 0 Å². The van der Waals surface area contributed by atoms with Gasteiger partial charge in [-0.25, -0.2) is 19.2 Å². The number of hydrogen-bond acceptors (Lipinski definition) is 16. The largest absolute Gasteiger partial charge is 0.465 e. The lowest BCUT2D eigenvalue weighted by Crippen LogP contribution is -2.45. The van der Waals surface area contributed by atoms with E-state index in [-0.39, 0.29) is 105 Å². The van der Waals surface area contributed by atoms with Crippen molar-refractivity contribution in [1.82, 2.24) is 0 Å². The molecule has 0 aromatic carbocycles. The monoisotopic (exact) mass is 872 g/mol. The van der Waals surface area contributed by atoms with Gasteiger partial charge in [0.15, 0.2) is 10.8 Å². The molecule has 16 nitrogen and oxygen atoms in total. The fraction of sp³-hybridized carbons (Fsp3) is 0.652. The van der Waals surface area contributed by atoms with E-state index in [0.717, 1.165) is 19.3 Å². The first-order valence-corrected chi connectivity index (χ1v) is 21.5. The van der Waals surface area contributed by atoms with E-state index in [2.05, 4.69) is 26.3 Å². The maximum absolute atomic E-state index is 14.2. The molecule has 6 unspecified atom stereocenters. The van der Waals surface area contributed by atoms with Crippen molar-refractivity contribution in [2.24, 2.45) is 46.3 Å². The first kappa shape index (κ1) is 51.1. The second kappa shape index (κ2) is 23.2. The second-order valence-electron chi connectivity index (χ2n) is 16.1. The van der Waals surface area contributed by atoms with Crippen molar-refractivity contribution in [3.8, 4) is 0 Å². The average molecular weight is 873 g/mol. The van der Waals surface area contributed by atoms with Crippen LogP contribution in [0.4, 0.5) is 0 Å². The van der Waals surface area contributed by atoms with Gasteiger partial charge in [-0.3, -0.25) is 19.2 Å². The normalized spacial score (nSPS) is 21.1. The lowest BCUT2D eigenvalue weighted by Gasteiger charge is -2.33. The third-order valence-electron chi connectivity index (χ3n) is 12.0. The second-order valence-corrected chi connectivity index (χ2v) is 16.1. The van der Waals surface area contributed by atoms with Crippen LogP contribution >= 0.6 is 0 Å². The summed E-state index contributed by atoms with van der Waals surface area (Å²) in [5.74, 6) is -6.57. The summed E-state index contributed by atoms with van der Waals surface area (Å²) in [6, 6.07) is 0. The molecule has 6 atom stereocenters. The molecule has 3 rings (SSSR count). The highest BCUT2D eigenvalue weighted by Gasteiger charge is 2.58. The van der Waals surface area contributed by atoms with Crippen molar-refractivity contribution in [3.05, 3.63) is 48.6 Å². The summed E-state index contributed by atoms with van der Waals surface area (Å²) in [6.45, 7) is 24.3. The molecule has 3 aliphatic carbocycles. The zero-order chi connectivity index (χ0) is 46.4. The number of rotatable bonds is 26. The SMILES string of the molecule is C=C(CC(CC(=C)C(=O)OCC)(C(=O)OCC)C(=O)OCC1CC2C3CC(COC(=O)C(CC(=C)C(=O)OCC)(CC(=C)C(=O)OCC)C(=O)OCC)C(C3)C2C1)C(=O)OCC. The molecule has 0 aromatic heterocycles. The highest BCUT2D eigenvalue weighted by atomic mass is 16.6. The van der Waals surface area contributed by atoms with Crippen molar-refractivity contribution in [1.29, 1.82) is 0 Å². The quantitative estimate of drug-likeness (QED) is 0.0454. The van der Waals surface area contributed by atoms with Gasteiger partial charge in [-0.05, 0) is 103 Å². The van der Waals surface area contributed by atoms with Gasteiger partial charge in [-0.2, -0.15) is 0 Å². The van der Waals surface area contributed by atoms with Gasteiger partial charge in [0, 0.05) is 48.0 Å². The van der Waals surface area contributed by atoms with E-state index < -0.39 is 84.3 Å². The summed E-state index contributed by atoms with van der Waals surface area (Å²) in [4.78, 5) is 106. The molecule has 0 heterocycles. The number of fused-ring (bicyclic) bond motifs is 5. The van der Waals surface area contributed by atoms with E-state index in [4.69, 9.17) is 37.9 Å². The topological polar surface area (TPSA) is 210 Å². The van der Waals surface area contributed by atoms with Crippen LogP contribution in [-0.4, -0.2) is 101 Å². The third-order valence-corrected chi connectivity index (χ3v) is 12.0. The van der Waals surface area contributed by atoms with Gasteiger partial charge in [0.25, 0.3) is 0 Å². The van der Waals surface area contributed by atoms with Crippen molar-refractivity contribution >= 4 is 47.8 Å². The zero-order valence-electron chi connectivity index (χ0n) is 37.1. The van der Waals surface area contributed by atoms with Gasteiger partial charge in [0.1, 0.15) is 0 Å². The Hall–Kier alpha value is -5.28. The Morgan fingerprint density at radius 1 is 0.403 bits per heavy atom. The Kier molecular flexibility index (Phi) is 19.1. The minimum absolute atomic E-state index is 0.0223. The van der Waals surface area contributed by atoms with Crippen LogP contribution < -0.4 is 0 Å². The predicted molar refractivity (Wildman–Crippen MR) is 221 cm³/mol. The van der Waals surface area contributed by atoms with Crippen molar-refractivity contribution in [2.45, 2.75) is 92.9 Å². The number of esters is 8. The van der Waals surface area contributed by atoms with E-state index in [1.54, 1.807) is 41.5 Å². The van der Waals surface area contributed by atoms with Crippen molar-refractivity contribution in [2.75, 3.05) is 52.9 Å². The maximum Gasteiger partial charge on any atom is 0.333 e. The maximum atomic E-state index is 14.2. The molecule has 0 spiro atoms. The first-order valence-electron chi connectivity index (χ1n) is 21.5. The Bertz CT molecular complexity index is 1690. The zero-order valence-corrected chi connectivity index (χ0v) is 37.1. The smallest absolute Gasteiger partial charge is 0.333 e. The summed E-state index contributed by atoms with van der Waals surface area (Å²) >= 11 is 0. The fourth-order valence-corrected chi connectivity index (χ4v) is 9.39. The Balaban J connectivity index is 1.81. The Labute approximate surface area is 364 Å². The number of carbonyl (C=O) groups excluding carboxylic acids is 8. The molecule has 0 radical (unpaired) electrons. The summed E-state index contributed by atoms with van der Waals surface area (Å²) in [5, 5.41) is 0. The van der Waals surface area contributed by atoms with Crippen LogP contribution in [0, 0.1) is 46.3 Å². The highest BCUT2D eigenvalue weighted by Crippen LogP contribution is 2.62. The Morgan fingerprint density at radius 3 is 1.08 bits per heavy atom. The van der Waals surface area contributed by atoms with Gasteiger partial charge in [0.2, 0.25) is 0 Å². The van der Waals surface area contributed by atoms with Crippen LogP contribution in [0.1, 0.15) is 92.9 Å². The van der Waals surface area contributed by atoms with E-state index in [0.29, 0.717) is 12.3 Å². The molecule has 0 amide bonds. The summed E-state index contributed by atoms with van der Waals surface area (Å²) in [6.07, 6.45) is 0.852. The standard InChI is InChI=1S/C46H64O16/c1-11-55-37(47)27(7)21-45(41(51)59-15-5,22-28(8)38(48)56-12-2)43(53)61-25-31-17-34-32-19-33(35(20-32)36(34)18-31)26-62-44(54)46(42(52)60-16-6,23-29(9)39(49)57-13-3)24-30(10)40(50)58-14-4/h31-36H,7-26H2,1-6H3. The van der Waals surface area contributed by atoms with E-state index in [1.807, 2.05) is 0 Å². The lowest BCUT2D eigenvalue weighted by molar-refractivity contribution is -0.175. The molecule has 16 heteroatoms. The molecule has 0 aromatic rings. The molecule has 62 heavy (non-hydrogen) atoms. The number of ether oxygens (including phenoxy) is 8. The van der Waals surface area contributed by atoms with Gasteiger partial charge in [-0.1, -0.05) is 26.3 Å². The van der Waals surface area contributed by atoms with Crippen LogP contribution in [0.25, 0.3) is 0 Å². The van der Waals surface area contributed by atoms with E-state index in [1.165, 1.54) is 0 Å². The molecule has 3 aliphatic rings. The fourth-order valence-electron chi connectivity index (χ4n) is 9.39.